The Labute approximate surface area is 126 Å². The van der Waals surface area contributed by atoms with Crippen LogP contribution in [0.1, 0.15) is 45.3 Å². The second-order valence-electron chi connectivity index (χ2n) is 5.02. The van der Waals surface area contributed by atoms with E-state index >= 15 is 0 Å². The first-order valence-electron chi connectivity index (χ1n) is 7.33. The van der Waals surface area contributed by atoms with Gasteiger partial charge in [0.15, 0.2) is 0 Å². The minimum Gasteiger partial charge on any atom is -0.497 e. The number of allylic oxidation sites excluding steroid dienone is 1. The van der Waals surface area contributed by atoms with Crippen LogP contribution >= 0.6 is 0 Å². The summed E-state index contributed by atoms with van der Waals surface area (Å²) in [4.78, 5) is 11.9. The van der Waals surface area contributed by atoms with E-state index in [4.69, 9.17) is 4.74 Å². The van der Waals surface area contributed by atoms with Crippen LogP contribution in [0.15, 0.2) is 35.9 Å². The van der Waals surface area contributed by atoms with Crippen molar-refractivity contribution in [2.45, 2.75) is 45.8 Å². The summed E-state index contributed by atoms with van der Waals surface area (Å²) in [7, 11) is 1.60. The quantitative estimate of drug-likeness (QED) is 0.759. The Morgan fingerprint density at radius 1 is 1.29 bits per heavy atom. The number of carbonyl (C=O) groups excluding carboxylic acids is 1. The second kappa shape index (κ2) is 8.47. The van der Waals surface area contributed by atoms with Crippen LogP contribution in [0.4, 0.5) is 0 Å². The molecule has 1 rings (SSSR count). The van der Waals surface area contributed by atoms with E-state index in [0.29, 0.717) is 0 Å². The lowest BCUT2D eigenvalue weighted by molar-refractivity contribution is -0.117. The van der Waals surface area contributed by atoms with Gasteiger partial charge in [0.05, 0.1) is 19.3 Å². The molecule has 21 heavy (non-hydrogen) atoms. The third-order valence-corrected chi connectivity index (χ3v) is 3.54. The highest BCUT2D eigenvalue weighted by atomic mass is 16.5. The molecule has 0 aromatic heterocycles. The van der Waals surface area contributed by atoms with Crippen molar-refractivity contribution in [1.29, 1.82) is 0 Å². The molecular formula is C17H25NO3. The number of nitrogens with one attached hydrogen (secondary N) is 1. The number of aliphatic hydroxyl groups excluding tert-OH is 1. The Hall–Kier alpha value is -1.81. The molecule has 0 aliphatic rings. The van der Waals surface area contributed by atoms with Crippen molar-refractivity contribution in [3.05, 3.63) is 41.5 Å². The molecule has 0 saturated carbocycles. The number of ether oxygens (including phenoxy) is 1. The van der Waals surface area contributed by atoms with E-state index in [0.717, 1.165) is 29.7 Å². The van der Waals surface area contributed by atoms with E-state index in [2.05, 4.69) is 5.32 Å². The van der Waals surface area contributed by atoms with Gasteiger partial charge in [-0.2, -0.15) is 0 Å². The van der Waals surface area contributed by atoms with Gasteiger partial charge in [-0.3, -0.25) is 4.79 Å². The summed E-state index contributed by atoms with van der Waals surface area (Å²) >= 11 is 0. The summed E-state index contributed by atoms with van der Waals surface area (Å²) in [6, 6.07) is 6.81. The molecule has 4 heteroatoms. The summed E-state index contributed by atoms with van der Waals surface area (Å²) in [6.07, 6.45) is 2.59. The van der Waals surface area contributed by atoms with Gasteiger partial charge in [0.25, 0.3) is 0 Å². The summed E-state index contributed by atoms with van der Waals surface area (Å²) in [5, 5.41) is 13.1. The van der Waals surface area contributed by atoms with Gasteiger partial charge in [-0.1, -0.05) is 31.6 Å². The van der Waals surface area contributed by atoms with Gasteiger partial charge in [-0.15, -0.1) is 0 Å². The van der Waals surface area contributed by atoms with E-state index in [1.165, 1.54) is 0 Å². The van der Waals surface area contributed by atoms with Gasteiger partial charge in [0.2, 0.25) is 5.91 Å². The minimum absolute atomic E-state index is 0.159. The molecule has 1 aromatic carbocycles. The zero-order valence-electron chi connectivity index (χ0n) is 13.2. The molecule has 2 N–H and O–H groups in total. The second-order valence-corrected chi connectivity index (χ2v) is 5.02. The maximum atomic E-state index is 11.9. The number of benzene rings is 1. The van der Waals surface area contributed by atoms with E-state index in [9.17, 15) is 9.90 Å². The Morgan fingerprint density at radius 2 is 1.86 bits per heavy atom. The molecule has 0 heterocycles. The van der Waals surface area contributed by atoms with Crippen molar-refractivity contribution < 1.29 is 14.6 Å². The van der Waals surface area contributed by atoms with Crippen molar-refractivity contribution in [2.24, 2.45) is 0 Å². The van der Waals surface area contributed by atoms with Crippen molar-refractivity contribution >= 4 is 5.91 Å². The van der Waals surface area contributed by atoms with Gasteiger partial charge in [0, 0.05) is 6.08 Å². The maximum absolute atomic E-state index is 11.9. The van der Waals surface area contributed by atoms with Crippen LogP contribution in [-0.2, 0) is 4.79 Å². The third-order valence-electron chi connectivity index (χ3n) is 3.54. The fraction of sp³-hybridized carbons (Fsp3) is 0.471. The molecule has 2 atom stereocenters. The normalized spacial score (nSPS) is 13.2. The number of carbonyl (C=O) groups is 1. The fourth-order valence-electron chi connectivity index (χ4n) is 2.07. The number of aliphatic hydroxyl groups is 1. The Morgan fingerprint density at radius 3 is 2.33 bits per heavy atom. The van der Waals surface area contributed by atoms with Gasteiger partial charge >= 0.3 is 0 Å². The van der Waals surface area contributed by atoms with Crippen LogP contribution in [0.5, 0.6) is 5.75 Å². The molecule has 0 fully saturated rings. The number of methoxy groups -OCH3 is 1. The Bertz CT molecular complexity index is 473. The number of rotatable bonds is 7. The summed E-state index contributed by atoms with van der Waals surface area (Å²) in [5.41, 5.74) is 1.84. The van der Waals surface area contributed by atoms with E-state index in [1.807, 2.05) is 13.8 Å². The standard InChI is InChI=1S/C17H25NO3/c1-5-13(6-2)11-16(19)18-12(3)17(20)14-7-9-15(21-4)10-8-14/h7-12,17,20H,5-6H2,1-4H3,(H,18,19). The topological polar surface area (TPSA) is 58.6 Å². The summed E-state index contributed by atoms with van der Waals surface area (Å²) in [5.74, 6) is 0.579. The van der Waals surface area contributed by atoms with Crippen LogP contribution in [-0.4, -0.2) is 24.2 Å². The van der Waals surface area contributed by atoms with Crippen LogP contribution < -0.4 is 10.1 Å². The van der Waals surface area contributed by atoms with Crippen LogP contribution in [0.3, 0.4) is 0 Å². The molecule has 0 saturated heterocycles. The summed E-state index contributed by atoms with van der Waals surface area (Å²) < 4.78 is 5.08. The van der Waals surface area contributed by atoms with E-state index in [-0.39, 0.29) is 11.9 Å². The first-order chi connectivity index (χ1) is 10.0. The first kappa shape index (κ1) is 17.2. The molecule has 0 bridgehead atoms. The zero-order valence-corrected chi connectivity index (χ0v) is 13.2. The Balaban J connectivity index is 2.67. The minimum atomic E-state index is -0.750. The van der Waals surface area contributed by atoms with Gasteiger partial charge in [0.1, 0.15) is 5.75 Å². The SMILES string of the molecule is CCC(=CC(=O)NC(C)C(O)c1ccc(OC)cc1)CC. The lowest BCUT2D eigenvalue weighted by Gasteiger charge is -2.20. The zero-order chi connectivity index (χ0) is 15.8. The number of amides is 1. The van der Waals surface area contributed by atoms with Crippen LogP contribution in [0.2, 0.25) is 0 Å². The molecule has 0 radical (unpaired) electrons. The number of hydrogen-bond acceptors (Lipinski definition) is 3. The van der Waals surface area contributed by atoms with Crippen LogP contribution in [0.25, 0.3) is 0 Å². The molecule has 0 aliphatic carbocycles. The average molecular weight is 291 g/mol. The van der Waals surface area contributed by atoms with Crippen molar-refractivity contribution in [2.75, 3.05) is 7.11 Å². The molecule has 0 aliphatic heterocycles. The lowest BCUT2D eigenvalue weighted by atomic mass is 10.0. The molecule has 4 nitrogen and oxygen atoms in total. The highest BCUT2D eigenvalue weighted by Crippen LogP contribution is 2.20. The predicted molar refractivity (Wildman–Crippen MR) is 84.2 cm³/mol. The highest BCUT2D eigenvalue weighted by Gasteiger charge is 2.17. The van der Waals surface area contributed by atoms with Gasteiger partial charge < -0.3 is 15.2 Å². The molecule has 1 amide bonds. The molecular weight excluding hydrogens is 266 g/mol. The van der Waals surface area contributed by atoms with Crippen LogP contribution in [0, 0.1) is 0 Å². The molecule has 0 spiro atoms. The third kappa shape index (κ3) is 5.23. The molecule has 2 unspecified atom stereocenters. The van der Waals surface area contributed by atoms with E-state index in [1.54, 1.807) is 44.4 Å². The highest BCUT2D eigenvalue weighted by molar-refractivity contribution is 5.88. The largest absolute Gasteiger partial charge is 0.497 e. The lowest BCUT2D eigenvalue weighted by Crippen LogP contribution is -2.36. The predicted octanol–water partition coefficient (Wildman–Crippen LogP) is 2.98. The van der Waals surface area contributed by atoms with E-state index < -0.39 is 6.10 Å². The average Bonchev–Trinajstić information content (AvgIpc) is 2.51. The first-order valence-corrected chi connectivity index (χ1v) is 7.33. The maximum Gasteiger partial charge on any atom is 0.244 e. The van der Waals surface area contributed by atoms with Crippen molar-refractivity contribution in [1.82, 2.24) is 5.32 Å². The van der Waals surface area contributed by atoms with Gasteiger partial charge in [-0.25, -0.2) is 0 Å². The smallest absolute Gasteiger partial charge is 0.244 e. The van der Waals surface area contributed by atoms with Gasteiger partial charge in [-0.05, 0) is 37.5 Å². The monoisotopic (exact) mass is 291 g/mol. The number of hydrogen-bond donors (Lipinski definition) is 2. The molecule has 116 valence electrons. The Kier molecular flexibility index (Phi) is 6.96. The van der Waals surface area contributed by atoms with Crippen molar-refractivity contribution in [3.63, 3.8) is 0 Å². The molecule has 1 aromatic rings. The fourth-order valence-corrected chi connectivity index (χ4v) is 2.07. The summed E-state index contributed by atoms with van der Waals surface area (Å²) in [6.45, 7) is 5.84. The van der Waals surface area contributed by atoms with Crippen molar-refractivity contribution in [3.8, 4) is 5.75 Å².